The molecule has 0 aliphatic carbocycles. The van der Waals surface area contributed by atoms with Crippen LogP contribution in [0.2, 0.25) is 0 Å². The average molecular weight is 316 g/mol. The molecule has 23 heavy (non-hydrogen) atoms. The summed E-state index contributed by atoms with van der Waals surface area (Å²) in [7, 11) is 0. The van der Waals surface area contributed by atoms with Gasteiger partial charge in [0.1, 0.15) is 5.75 Å². The fourth-order valence-electron chi connectivity index (χ4n) is 2.78. The number of morpholine rings is 1. The lowest BCUT2D eigenvalue weighted by Crippen LogP contribution is -2.47. The third-order valence-corrected chi connectivity index (χ3v) is 3.89. The zero-order valence-electron chi connectivity index (χ0n) is 13.3. The van der Waals surface area contributed by atoms with Gasteiger partial charge in [-0.25, -0.2) is 4.98 Å². The van der Waals surface area contributed by atoms with Crippen molar-refractivity contribution in [3.63, 3.8) is 0 Å². The molecule has 0 saturated carbocycles. The van der Waals surface area contributed by atoms with E-state index in [9.17, 15) is 9.90 Å². The number of carbonyl (C=O) groups excluding carboxylic acids is 1. The second-order valence-corrected chi connectivity index (χ2v) is 5.72. The summed E-state index contributed by atoms with van der Waals surface area (Å²) >= 11 is 0. The molecule has 0 radical (unpaired) electrons. The van der Waals surface area contributed by atoms with E-state index in [0.29, 0.717) is 26.2 Å². The lowest BCUT2D eigenvalue weighted by Gasteiger charge is -2.33. The quantitative estimate of drug-likeness (QED) is 0.918. The molecule has 3 heterocycles. The van der Waals surface area contributed by atoms with E-state index in [2.05, 4.69) is 10.1 Å². The zero-order chi connectivity index (χ0) is 16.4. The van der Waals surface area contributed by atoms with Crippen molar-refractivity contribution in [3.8, 4) is 5.75 Å². The van der Waals surface area contributed by atoms with Gasteiger partial charge in [0, 0.05) is 25.0 Å². The topological polar surface area (TPSA) is 80.5 Å². The second kappa shape index (κ2) is 6.37. The van der Waals surface area contributed by atoms with Crippen molar-refractivity contribution in [2.75, 3.05) is 19.7 Å². The first-order valence-electron chi connectivity index (χ1n) is 7.60. The third-order valence-electron chi connectivity index (χ3n) is 3.89. The summed E-state index contributed by atoms with van der Waals surface area (Å²) in [6.45, 7) is 5.94. The van der Waals surface area contributed by atoms with Crippen LogP contribution in [0.15, 0.2) is 24.4 Å². The molecule has 122 valence electrons. The zero-order valence-corrected chi connectivity index (χ0v) is 13.3. The first-order chi connectivity index (χ1) is 11.0. The maximum absolute atomic E-state index is 12.5. The highest BCUT2D eigenvalue weighted by molar-refractivity contribution is 5.94. The molecule has 1 amide bonds. The van der Waals surface area contributed by atoms with E-state index in [1.54, 1.807) is 11.0 Å². The van der Waals surface area contributed by atoms with E-state index < -0.39 is 0 Å². The van der Waals surface area contributed by atoms with Crippen molar-refractivity contribution >= 4 is 5.91 Å². The van der Waals surface area contributed by atoms with Crippen LogP contribution in [0.4, 0.5) is 0 Å². The number of nitrogens with zero attached hydrogens (tertiary/aromatic N) is 4. The lowest BCUT2D eigenvalue weighted by atomic mass is 10.2. The number of carbonyl (C=O) groups is 1. The molecule has 3 rings (SSSR count). The molecule has 1 N–H and O–H groups in total. The van der Waals surface area contributed by atoms with Crippen LogP contribution in [0.3, 0.4) is 0 Å². The molecular formula is C16H20N4O3. The predicted molar refractivity (Wildman–Crippen MR) is 83.2 cm³/mol. The van der Waals surface area contributed by atoms with Crippen molar-refractivity contribution in [3.05, 3.63) is 41.5 Å². The van der Waals surface area contributed by atoms with Crippen molar-refractivity contribution in [2.24, 2.45) is 0 Å². The van der Waals surface area contributed by atoms with E-state index in [1.807, 2.05) is 24.6 Å². The van der Waals surface area contributed by atoms with E-state index >= 15 is 0 Å². The largest absolute Gasteiger partial charge is 0.505 e. The highest BCUT2D eigenvalue weighted by Crippen LogP contribution is 2.18. The number of ether oxygens (including phenoxy) is 1. The first-order valence-corrected chi connectivity index (χ1v) is 7.60. The van der Waals surface area contributed by atoms with Crippen LogP contribution in [-0.2, 0) is 11.3 Å². The smallest absolute Gasteiger partial charge is 0.276 e. The molecule has 1 aliphatic heterocycles. The molecule has 7 heteroatoms. The lowest BCUT2D eigenvalue weighted by molar-refractivity contribution is -0.0305. The molecule has 1 unspecified atom stereocenters. The molecule has 1 aliphatic rings. The van der Waals surface area contributed by atoms with Gasteiger partial charge in [0.2, 0.25) is 0 Å². The van der Waals surface area contributed by atoms with Gasteiger partial charge in [-0.1, -0.05) is 0 Å². The Kier molecular flexibility index (Phi) is 4.29. The minimum Gasteiger partial charge on any atom is -0.505 e. The molecule has 1 atom stereocenters. The standard InChI is InChI=1S/C16H20N4O3/c1-11-8-12(2)20(18-11)10-13-9-19(6-7-23-13)16(22)15-14(21)4-3-5-17-15/h3-5,8,13,21H,6-7,9-10H2,1-2H3. The molecule has 2 aromatic rings. The number of hydrogen-bond acceptors (Lipinski definition) is 5. The van der Waals surface area contributed by atoms with Crippen LogP contribution in [0.5, 0.6) is 5.75 Å². The Morgan fingerprint density at radius 3 is 3.00 bits per heavy atom. The van der Waals surface area contributed by atoms with E-state index in [-0.39, 0.29) is 23.5 Å². The summed E-state index contributed by atoms with van der Waals surface area (Å²) in [5.74, 6) is -0.371. The summed E-state index contributed by atoms with van der Waals surface area (Å²) in [5, 5.41) is 14.2. The summed E-state index contributed by atoms with van der Waals surface area (Å²) < 4.78 is 7.65. The van der Waals surface area contributed by atoms with E-state index in [1.165, 1.54) is 12.3 Å². The van der Waals surface area contributed by atoms with Gasteiger partial charge in [-0.2, -0.15) is 5.10 Å². The van der Waals surface area contributed by atoms with Gasteiger partial charge >= 0.3 is 0 Å². The van der Waals surface area contributed by atoms with Crippen LogP contribution in [0, 0.1) is 13.8 Å². The molecule has 0 spiro atoms. The molecule has 1 saturated heterocycles. The van der Waals surface area contributed by atoms with Crippen LogP contribution < -0.4 is 0 Å². The maximum atomic E-state index is 12.5. The molecule has 0 aromatic carbocycles. The predicted octanol–water partition coefficient (Wildman–Crippen LogP) is 1.14. The minimum absolute atomic E-state index is 0.0827. The number of amides is 1. The van der Waals surface area contributed by atoms with Gasteiger partial charge in [-0.05, 0) is 32.0 Å². The average Bonchev–Trinajstić information content (AvgIpc) is 2.85. The van der Waals surface area contributed by atoms with Crippen LogP contribution in [0.25, 0.3) is 0 Å². The Labute approximate surface area is 134 Å². The normalized spacial score (nSPS) is 18.2. The number of aromatic nitrogens is 3. The van der Waals surface area contributed by atoms with Crippen molar-refractivity contribution in [2.45, 2.75) is 26.5 Å². The van der Waals surface area contributed by atoms with Gasteiger partial charge in [0.15, 0.2) is 5.69 Å². The highest BCUT2D eigenvalue weighted by atomic mass is 16.5. The SMILES string of the molecule is Cc1cc(C)n(CC2CN(C(=O)c3ncccc3O)CCO2)n1. The minimum atomic E-state index is -0.273. The second-order valence-electron chi connectivity index (χ2n) is 5.72. The number of rotatable bonds is 3. The number of aromatic hydroxyl groups is 1. The Morgan fingerprint density at radius 1 is 1.48 bits per heavy atom. The molecule has 1 fully saturated rings. The van der Waals surface area contributed by atoms with Gasteiger partial charge in [-0.3, -0.25) is 9.48 Å². The Balaban J connectivity index is 1.70. The molecule has 2 aromatic heterocycles. The molecular weight excluding hydrogens is 296 g/mol. The van der Waals surface area contributed by atoms with Crippen LogP contribution in [-0.4, -0.2) is 56.5 Å². The summed E-state index contributed by atoms with van der Waals surface area (Å²) in [6, 6.07) is 5.07. The monoisotopic (exact) mass is 316 g/mol. The van der Waals surface area contributed by atoms with Gasteiger partial charge in [0.25, 0.3) is 5.91 Å². The molecule has 7 nitrogen and oxygen atoms in total. The number of aryl methyl sites for hydroxylation is 2. The van der Waals surface area contributed by atoms with Gasteiger partial charge in [-0.15, -0.1) is 0 Å². The van der Waals surface area contributed by atoms with E-state index in [0.717, 1.165) is 11.4 Å². The summed E-state index contributed by atoms with van der Waals surface area (Å²) in [6.07, 6.45) is 1.37. The van der Waals surface area contributed by atoms with Crippen LogP contribution >= 0.6 is 0 Å². The molecule has 0 bridgehead atoms. The number of hydrogen-bond donors (Lipinski definition) is 1. The fraction of sp³-hybridized carbons (Fsp3) is 0.438. The van der Waals surface area contributed by atoms with Crippen molar-refractivity contribution in [1.29, 1.82) is 0 Å². The third kappa shape index (κ3) is 3.34. The van der Waals surface area contributed by atoms with E-state index in [4.69, 9.17) is 4.74 Å². The Bertz CT molecular complexity index is 713. The van der Waals surface area contributed by atoms with Gasteiger partial charge < -0.3 is 14.7 Å². The summed E-state index contributed by atoms with van der Waals surface area (Å²) in [5.41, 5.74) is 2.11. The fourth-order valence-corrected chi connectivity index (χ4v) is 2.78. The van der Waals surface area contributed by atoms with Gasteiger partial charge in [0.05, 0.1) is 24.9 Å². The Morgan fingerprint density at radius 2 is 2.30 bits per heavy atom. The Hall–Kier alpha value is -2.41. The first kappa shape index (κ1) is 15.5. The van der Waals surface area contributed by atoms with Crippen LogP contribution in [0.1, 0.15) is 21.9 Å². The summed E-state index contributed by atoms with van der Waals surface area (Å²) in [4.78, 5) is 18.2. The van der Waals surface area contributed by atoms with Crippen molar-refractivity contribution in [1.82, 2.24) is 19.7 Å². The highest BCUT2D eigenvalue weighted by Gasteiger charge is 2.27. The number of pyridine rings is 1. The van der Waals surface area contributed by atoms with Crippen molar-refractivity contribution < 1.29 is 14.6 Å². The maximum Gasteiger partial charge on any atom is 0.276 e.